The molecule has 1 atom stereocenters. The molecule has 0 bridgehead atoms. The van der Waals surface area contributed by atoms with Crippen LogP contribution in [0, 0.1) is 0 Å². The van der Waals surface area contributed by atoms with E-state index in [9.17, 15) is 23.1 Å². The second kappa shape index (κ2) is 6.77. The lowest BCUT2D eigenvalue weighted by Crippen LogP contribution is -2.46. The van der Waals surface area contributed by atoms with Crippen LogP contribution in [0.1, 0.15) is 6.92 Å². The van der Waals surface area contributed by atoms with Gasteiger partial charge in [-0.25, -0.2) is 4.79 Å². The molecule has 0 aliphatic heterocycles. The summed E-state index contributed by atoms with van der Waals surface area (Å²) >= 11 is 0. The van der Waals surface area contributed by atoms with Crippen molar-refractivity contribution in [2.75, 3.05) is 33.4 Å². The van der Waals surface area contributed by atoms with E-state index in [-0.39, 0.29) is 19.7 Å². The minimum atomic E-state index is -4.35. The number of alkyl halides is 3. The van der Waals surface area contributed by atoms with Crippen molar-refractivity contribution in [2.24, 2.45) is 0 Å². The molecule has 1 unspecified atom stereocenters. The van der Waals surface area contributed by atoms with Gasteiger partial charge in [-0.3, -0.25) is 0 Å². The molecule has 0 radical (unpaired) electrons. The largest absolute Gasteiger partial charge is 0.467 e. The highest BCUT2D eigenvalue weighted by molar-refractivity contribution is 5.78. The van der Waals surface area contributed by atoms with Crippen molar-refractivity contribution in [3.8, 4) is 0 Å². The van der Waals surface area contributed by atoms with Crippen molar-refractivity contribution in [3.05, 3.63) is 0 Å². The van der Waals surface area contributed by atoms with Gasteiger partial charge in [-0.05, 0) is 6.92 Å². The van der Waals surface area contributed by atoms with Crippen LogP contribution in [0.25, 0.3) is 0 Å². The zero-order valence-electron chi connectivity index (χ0n) is 9.63. The average Bonchev–Trinajstić information content (AvgIpc) is 2.20. The Morgan fingerprint density at radius 2 is 2.00 bits per heavy atom. The number of carbonyl (C=O) groups is 1. The van der Waals surface area contributed by atoms with E-state index in [4.69, 9.17) is 0 Å². The first kappa shape index (κ1) is 16.1. The van der Waals surface area contributed by atoms with Gasteiger partial charge in [-0.1, -0.05) is 0 Å². The van der Waals surface area contributed by atoms with Crippen molar-refractivity contribution in [1.29, 1.82) is 0 Å². The molecule has 0 aromatic carbocycles. The average molecular weight is 259 g/mol. The van der Waals surface area contributed by atoms with Crippen LogP contribution in [0.15, 0.2) is 0 Å². The maximum atomic E-state index is 11.7. The predicted molar refractivity (Wildman–Crippen MR) is 52.4 cm³/mol. The lowest BCUT2D eigenvalue weighted by molar-refractivity contribution is -0.173. The number of methoxy groups -OCH3 is 1. The highest BCUT2D eigenvalue weighted by Crippen LogP contribution is 2.13. The van der Waals surface area contributed by atoms with Crippen molar-refractivity contribution >= 4 is 5.97 Å². The molecule has 0 aromatic rings. The number of aliphatic hydroxyl groups is 1. The quantitative estimate of drug-likeness (QED) is 0.500. The number of nitrogens with one attached hydrogen (secondary N) is 1. The Bertz CT molecular complexity index is 243. The smallest absolute Gasteiger partial charge is 0.411 e. The van der Waals surface area contributed by atoms with Gasteiger partial charge in [0.25, 0.3) is 0 Å². The van der Waals surface area contributed by atoms with E-state index in [0.717, 1.165) is 7.11 Å². The Hall–Kier alpha value is -0.860. The SMILES string of the molecule is COC(=O)C(C)(O)CNCCOCC(F)(F)F. The monoisotopic (exact) mass is 259 g/mol. The molecule has 17 heavy (non-hydrogen) atoms. The molecular weight excluding hydrogens is 243 g/mol. The van der Waals surface area contributed by atoms with Crippen LogP contribution >= 0.6 is 0 Å². The number of halogens is 3. The van der Waals surface area contributed by atoms with E-state index < -0.39 is 24.4 Å². The van der Waals surface area contributed by atoms with Gasteiger partial charge in [0.1, 0.15) is 6.61 Å². The van der Waals surface area contributed by atoms with Gasteiger partial charge < -0.3 is 19.9 Å². The summed E-state index contributed by atoms with van der Waals surface area (Å²) in [6, 6.07) is 0. The molecule has 5 nitrogen and oxygen atoms in total. The summed E-state index contributed by atoms with van der Waals surface area (Å²) in [7, 11) is 1.13. The highest BCUT2D eigenvalue weighted by atomic mass is 19.4. The van der Waals surface area contributed by atoms with Crippen molar-refractivity contribution in [3.63, 3.8) is 0 Å². The van der Waals surface area contributed by atoms with Crippen LogP contribution in [-0.4, -0.2) is 56.3 Å². The van der Waals surface area contributed by atoms with Gasteiger partial charge in [0.05, 0.1) is 13.7 Å². The zero-order valence-corrected chi connectivity index (χ0v) is 9.63. The summed E-state index contributed by atoms with van der Waals surface area (Å²) in [6.07, 6.45) is -4.35. The molecule has 0 amide bonds. The van der Waals surface area contributed by atoms with Gasteiger partial charge in [0, 0.05) is 13.1 Å². The van der Waals surface area contributed by atoms with E-state index in [0.29, 0.717) is 0 Å². The molecule has 0 aromatic heterocycles. The number of rotatable bonds is 7. The van der Waals surface area contributed by atoms with E-state index in [1.54, 1.807) is 0 Å². The lowest BCUT2D eigenvalue weighted by atomic mass is 10.1. The van der Waals surface area contributed by atoms with Crippen LogP contribution in [0.2, 0.25) is 0 Å². The second-order valence-corrected chi connectivity index (χ2v) is 3.61. The van der Waals surface area contributed by atoms with Crippen LogP contribution in [-0.2, 0) is 14.3 Å². The van der Waals surface area contributed by atoms with Crippen LogP contribution in [0.5, 0.6) is 0 Å². The van der Waals surface area contributed by atoms with E-state index >= 15 is 0 Å². The first-order valence-electron chi connectivity index (χ1n) is 4.85. The Balaban J connectivity index is 3.62. The zero-order chi connectivity index (χ0) is 13.5. The summed E-state index contributed by atoms with van der Waals surface area (Å²) in [6.45, 7) is -0.292. The highest BCUT2D eigenvalue weighted by Gasteiger charge is 2.31. The molecule has 2 N–H and O–H groups in total. The minimum absolute atomic E-state index is 0.0865. The van der Waals surface area contributed by atoms with E-state index in [2.05, 4.69) is 14.8 Å². The Labute approximate surface area is 96.9 Å². The molecule has 0 spiro atoms. The number of carbonyl (C=O) groups excluding carboxylic acids is 1. The van der Waals surface area contributed by atoms with Gasteiger partial charge in [-0.15, -0.1) is 0 Å². The molecule has 0 aliphatic carbocycles. The fraction of sp³-hybridized carbons (Fsp3) is 0.889. The first-order valence-corrected chi connectivity index (χ1v) is 4.85. The van der Waals surface area contributed by atoms with Gasteiger partial charge in [0.2, 0.25) is 0 Å². The molecule has 102 valence electrons. The summed E-state index contributed by atoms with van der Waals surface area (Å²) < 4.78 is 43.6. The molecule has 0 fully saturated rings. The Kier molecular flexibility index (Phi) is 6.43. The Morgan fingerprint density at radius 1 is 1.41 bits per heavy atom. The summed E-state index contributed by atoms with van der Waals surface area (Å²) in [4.78, 5) is 11.0. The Morgan fingerprint density at radius 3 is 2.47 bits per heavy atom. The van der Waals surface area contributed by atoms with E-state index in [1.165, 1.54) is 6.92 Å². The maximum Gasteiger partial charge on any atom is 0.411 e. The molecule has 8 heteroatoms. The van der Waals surface area contributed by atoms with Gasteiger partial charge in [-0.2, -0.15) is 13.2 Å². The van der Waals surface area contributed by atoms with Crippen LogP contribution < -0.4 is 5.32 Å². The fourth-order valence-electron chi connectivity index (χ4n) is 0.956. The third-order valence-electron chi connectivity index (χ3n) is 1.78. The maximum absolute atomic E-state index is 11.7. The van der Waals surface area contributed by atoms with Crippen molar-refractivity contribution in [1.82, 2.24) is 5.32 Å². The summed E-state index contributed by atoms with van der Waals surface area (Å²) in [5.74, 6) is -0.818. The molecule has 0 aliphatic rings. The number of hydrogen-bond donors (Lipinski definition) is 2. The predicted octanol–water partition coefficient (Wildman–Crippen LogP) is 0.0789. The third-order valence-corrected chi connectivity index (χ3v) is 1.78. The number of esters is 1. The van der Waals surface area contributed by atoms with Gasteiger partial charge in [0.15, 0.2) is 5.60 Å². The minimum Gasteiger partial charge on any atom is -0.467 e. The molecule has 0 saturated carbocycles. The number of ether oxygens (including phenoxy) is 2. The molecular formula is C9H16F3NO4. The summed E-state index contributed by atoms with van der Waals surface area (Å²) in [5.41, 5.74) is -1.71. The fourth-order valence-corrected chi connectivity index (χ4v) is 0.956. The van der Waals surface area contributed by atoms with Crippen LogP contribution in [0.4, 0.5) is 13.2 Å². The van der Waals surface area contributed by atoms with Gasteiger partial charge >= 0.3 is 12.1 Å². The second-order valence-electron chi connectivity index (χ2n) is 3.61. The first-order chi connectivity index (χ1) is 7.69. The van der Waals surface area contributed by atoms with E-state index in [1.807, 2.05) is 0 Å². The number of hydrogen-bond acceptors (Lipinski definition) is 5. The molecule has 0 heterocycles. The van der Waals surface area contributed by atoms with Crippen molar-refractivity contribution in [2.45, 2.75) is 18.7 Å². The van der Waals surface area contributed by atoms with Crippen LogP contribution in [0.3, 0.4) is 0 Å². The summed E-state index contributed by atoms with van der Waals surface area (Å²) in [5, 5.41) is 12.1. The molecule has 0 rings (SSSR count). The van der Waals surface area contributed by atoms with Crippen molar-refractivity contribution < 1.29 is 32.5 Å². The third kappa shape index (κ3) is 7.94. The normalized spacial score (nSPS) is 15.4. The standard InChI is InChI=1S/C9H16F3NO4/c1-8(15,7(14)16-2)5-13-3-4-17-6-9(10,11)12/h13,15H,3-6H2,1-2H3. The molecule has 0 saturated heterocycles. The topological polar surface area (TPSA) is 67.8 Å². The lowest BCUT2D eigenvalue weighted by Gasteiger charge is -2.20.